The average Bonchev–Trinajstić information content (AvgIpc) is 2.40. The van der Waals surface area contributed by atoms with E-state index < -0.39 is 0 Å². The molecule has 2 aliphatic rings. The van der Waals surface area contributed by atoms with Gasteiger partial charge in [0.2, 0.25) is 0 Å². The van der Waals surface area contributed by atoms with E-state index in [-0.39, 0.29) is 17.2 Å². The van der Waals surface area contributed by atoms with Crippen molar-refractivity contribution in [2.45, 2.75) is 83.0 Å². The molecule has 0 bridgehead atoms. The normalized spacial score (nSPS) is 28.5. The van der Waals surface area contributed by atoms with E-state index in [1.165, 1.54) is 32.1 Å². The van der Waals surface area contributed by atoms with Gasteiger partial charge in [-0.05, 0) is 52.4 Å². The Morgan fingerprint density at radius 2 is 2.05 bits per heavy atom. The van der Waals surface area contributed by atoms with Gasteiger partial charge in [-0.15, -0.1) is 0 Å². The van der Waals surface area contributed by atoms with Crippen LogP contribution >= 0.6 is 0 Å². The lowest BCUT2D eigenvalue weighted by molar-refractivity contribution is -0.139. The van der Waals surface area contributed by atoms with Crippen molar-refractivity contribution in [1.29, 1.82) is 0 Å². The highest BCUT2D eigenvalue weighted by Gasteiger charge is 2.44. The Bertz CT molecular complexity index is 295. The zero-order chi connectivity index (χ0) is 14.6. The van der Waals surface area contributed by atoms with Crippen LogP contribution in [0.2, 0.25) is 0 Å². The van der Waals surface area contributed by atoms with Crippen LogP contribution in [-0.2, 0) is 9.47 Å². The van der Waals surface area contributed by atoms with Crippen LogP contribution in [0.1, 0.15) is 65.7 Å². The molecule has 2 unspecified atom stereocenters. The van der Waals surface area contributed by atoms with Crippen LogP contribution in [-0.4, -0.2) is 30.5 Å². The fraction of sp³-hybridized carbons (Fsp3) is 1.00. The third kappa shape index (κ3) is 3.53. The maximum absolute atomic E-state index is 6.19. The van der Waals surface area contributed by atoms with Gasteiger partial charge in [-0.1, -0.05) is 19.3 Å². The highest BCUT2D eigenvalue weighted by molar-refractivity contribution is 4.97. The number of hydrogen-bond donors (Lipinski definition) is 2. The van der Waals surface area contributed by atoms with Crippen LogP contribution in [0.25, 0.3) is 0 Å². The molecule has 2 atom stereocenters. The third-order valence-corrected chi connectivity index (χ3v) is 5.21. The van der Waals surface area contributed by atoms with Gasteiger partial charge in [0.15, 0.2) is 0 Å². The molecule has 0 aromatic heterocycles. The van der Waals surface area contributed by atoms with Gasteiger partial charge in [-0.25, -0.2) is 0 Å². The molecule has 0 aromatic carbocycles. The van der Waals surface area contributed by atoms with Crippen molar-refractivity contribution < 1.29 is 9.47 Å². The molecule has 1 saturated carbocycles. The van der Waals surface area contributed by atoms with Gasteiger partial charge in [0.25, 0.3) is 0 Å². The highest BCUT2D eigenvalue weighted by Crippen LogP contribution is 2.43. The van der Waals surface area contributed by atoms with Gasteiger partial charge in [0, 0.05) is 13.2 Å². The molecule has 0 radical (unpaired) electrons. The van der Waals surface area contributed by atoms with E-state index in [9.17, 15) is 0 Å². The second kappa shape index (κ2) is 6.73. The summed E-state index contributed by atoms with van der Waals surface area (Å²) in [6.07, 6.45) is 8.61. The smallest absolute Gasteiger partial charge is 0.0794 e. The summed E-state index contributed by atoms with van der Waals surface area (Å²) in [6.45, 7) is 7.92. The minimum absolute atomic E-state index is 0.124. The summed E-state index contributed by atoms with van der Waals surface area (Å²) in [5.74, 6) is 6.40. The number of hydrazine groups is 1. The molecular formula is C16H32N2O2. The van der Waals surface area contributed by atoms with Crippen molar-refractivity contribution in [3.63, 3.8) is 0 Å². The molecule has 4 heteroatoms. The molecule has 20 heavy (non-hydrogen) atoms. The molecule has 0 amide bonds. The van der Waals surface area contributed by atoms with E-state index in [1.807, 2.05) is 6.92 Å². The summed E-state index contributed by atoms with van der Waals surface area (Å²) in [5, 5.41) is 0. The van der Waals surface area contributed by atoms with Crippen molar-refractivity contribution in [3.05, 3.63) is 0 Å². The summed E-state index contributed by atoms with van der Waals surface area (Å²) in [6, 6.07) is 0.185. The second-order valence-corrected chi connectivity index (χ2v) is 7.03. The Hall–Kier alpha value is -0.160. The van der Waals surface area contributed by atoms with E-state index in [0.29, 0.717) is 5.92 Å². The topological polar surface area (TPSA) is 56.5 Å². The Labute approximate surface area is 123 Å². The summed E-state index contributed by atoms with van der Waals surface area (Å²) >= 11 is 0. The minimum atomic E-state index is -0.235. The molecule has 1 aliphatic heterocycles. The summed E-state index contributed by atoms with van der Waals surface area (Å²) < 4.78 is 12.1. The molecule has 1 aliphatic carbocycles. The number of hydrogen-bond acceptors (Lipinski definition) is 4. The van der Waals surface area contributed by atoms with Crippen LogP contribution in [0.5, 0.6) is 0 Å². The molecule has 0 aromatic rings. The number of nitrogens with one attached hydrogen (secondary N) is 1. The van der Waals surface area contributed by atoms with Crippen LogP contribution < -0.4 is 11.3 Å². The highest BCUT2D eigenvalue weighted by atomic mass is 16.5. The maximum Gasteiger partial charge on any atom is 0.0794 e. The van der Waals surface area contributed by atoms with Gasteiger partial charge in [0.05, 0.1) is 17.2 Å². The van der Waals surface area contributed by atoms with Crippen molar-refractivity contribution >= 4 is 0 Å². The number of nitrogens with two attached hydrogens (primary N) is 1. The van der Waals surface area contributed by atoms with Crippen LogP contribution in [0.15, 0.2) is 0 Å². The molecule has 1 spiro atoms. The summed E-state index contributed by atoms with van der Waals surface area (Å²) in [5.41, 5.74) is 2.93. The van der Waals surface area contributed by atoms with Crippen molar-refractivity contribution in [1.82, 2.24) is 5.43 Å². The van der Waals surface area contributed by atoms with E-state index in [2.05, 4.69) is 19.3 Å². The summed E-state index contributed by atoms with van der Waals surface area (Å²) in [7, 11) is 0. The quantitative estimate of drug-likeness (QED) is 0.602. The van der Waals surface area contributed by atoms with E-state index >= 15 is 0 Å². The first-order valence-electron chi connectivity index (χ1n) is 8.27. The summed E-state index contributed by atoms with van der Waals surface area (Å²) in [4.78, 5) is 0. The SMILES string of the molecule is CCOC(C)(C)C(NN)C1CCOC2(CCCCC2)C1. The largest absolute Gasteiger partial charge is 0.375 e. The van der Waals surface area contributed by atoms with E-state index in [0.717, 1.165) is 26.1 Å². The van der Waals surface area contributed by atoms with Gasteiger partial charge in [0.1, 0.15) is 0 Å². The lowest BCUT2D eigenvalue weighted by atomic mass is 9.71. The standard InChI is InChI=1S/C16H32N2O2/c1-4-19-15(2,3)14(18-17)13-8-11-20-16(12-13)9-6-5-7-10-16/h13-14,18H,4-12,17H2,1-3H3. The first kappa shape index (κ1) is 16.2. The third-order valence-electron chi connectivity index (χ3n) is 5.21. The average molecular weight is 284 g/mol. The number of ether oxygens (including phenoxy) is 2. The van der Waals surface area contributed by atoms with Crippen LogP contribution in [0.4, 0.5) is 0 Å². The fourth-order valence-electron chi connectivity index (χ4n) is 4.26. The lowest BCUT2D eigenvalue weighted by Crippen LogP contribution is -2.58. The van der Waals surface area contributed by atoms with Gasteiger partial charge >= 0.3 is 0 Å². The first-order chi connectivity index (χ1) is 9.53. The van der Waals surface area contributed by atoms with Gasteiger partial charge in [-0.2, -0.15) is 0 Å². The van der Waals surface area contributed by atoms with Crippen molar-refractivity contribution in [2.75, 3.05) is 13.2 Å². The van der Waals surface area contributed by atoms with Gasteiger partial charge in [-0.3, -0.25) is 11.3 Å². The van der Waals surface area contributed by atoms with E-state index in [4.69, 9.17) is 15.3 Å². The minimum Gasteiger partial charge on any atom is -0.375 e. The van der Waals surface area contributed by atoms with Gasteiger partial charge < -0.3 is 9.47 Å². The molecule has 3 N–H and O–H groups in total. The zero-order valence-corrected chi connectivity index (χ0v) is 13.4. The Morgan fingerprint density at radius 1 is 1.35 bits per heavy atom. The molecule has 2 rings (SSSR count). The molecule has 4 nitrogen and oxygen atoms in total. The molecule has 2 fully saturated rings. The second-order valence-electron chi connectivity index (χ2n) is 7.03. The molecular weight excluding hydrogens is 252 g/mol. The molecule has 1 heterocycles. The Kier molecular flexibility index (Phi) is 5.46. The van der Waals surface area contributed by atoms with Crippen molar-refractivity contribution in [3.8, 4) is 0 Å². The Balaban J connectivity index is 2.06. The first-order valence-corrected chi connectivity index (χ1v) is 8.27. The predicted octanol–water partition coefficient (Wildman–Crippen LogP) is 2.76. The predicted molar refractivity (Wildman–Crippen MR) is 81.3 cm³/mol. The number of rotatable bonds is 5. The maximum atomic E-state index is 6.19. The molecule has 1 saturated heterocycles. The fourth-order valence-corrected chi connectivity index (χ4v) is 4.26. The zero-order valence-electron chi connectivity index (χ0n) is 13.4. The van der Waals surface area contributed by atoms with Crippen molar-refractivity contribution in [2.24, 2.45) is 11.8 Å². The van der Waals surface area contributed by atoms with Crippen LogP contribution in [0, 0.1) is 5.92 Å². The monoisotopic (exact) mass is 284 g/mol. The Morgan fingerprint density at radius 3 is 2.65 bits per heavy atom. The molecule has 118 valence electrons. The van der Waals surface area contributed by atoms with Crippen LogP contribution in [0.3, 0.4) is 0 Å². The lowest BCUT2D eigenvalue weighted by Gasteiger charge is -2.48. The van der Waals surface area contributed by atoms with E-state index in [1.54, 1.807) is 0 Å².